The highest BCUT2D eigenvalue weighted by Gasteiger charge is 2.26. The first-order valence-corrected chi connectivity index (χ1v) is 7.71. The third-order valence-electron chi connectivity index (χ3n) is 3.25. The number of fused-ring (bicyclic) bond motifs is 1. The molecule has 1 fully saturated rings. The van der Waals surface area contributed by atoms with E-state index in [1.165, 1.54) is 0 Å². The highest BCUT2D eigenvalue weighted by atomic mass is 32.2. The standard InChI is InChI=1S/C12H15N3O2S/c16-18(17,8-9-4-3-7-13-9)12-14-10-5-1-2-6-11(10)15-12/h1-2,5-6,9,13H,3-4,7-8H2,(H,14,15). The molecule has 2 N–H and O–H groups in total. The van der Waals surface area contributed by atoms with Gasteiger partial charge in [-0.15, -0.1) is 0 Å². The largest absolute Gasteiger partial charge is 0.329 e. The fourth-order valence-electron chi connectivity index (χ4n) is 2.32. The van der Waals surface area contributed by atoms with E-state index in [0.717, 1.165) is 24.9 Å². The molecule has 2 heterocycles. The third-order valence-corrected chi connectivity index (χ3v) is 4.87. The molecule has 0 amide bonds. The molecule has 1 unspecified atom stereocenters. The second kappa shape index (κ2) is 4.37. The van der Waals surface area contributed by atoms with Gasteiger partial charge in [-0.3, -0.25) is 0 Å². The molecule has 2 aromatic rings. The van der Waals surface area contributed by atoms with Crippen LogP contribution in [-0.4, -0.2) is 36.7 Å². The molecule has 1 aromatic heterocycles. The van der Waals surface area contributed by atoms with Crippen LogP contribution in [0.5, 0.6) is 0 Å². The first kappa shape index (κ1) is 11.7. The van der Waals surface area contributed by atoms with Gasteiger partial charge in [0.1, 0.15) is 0 Å². The normalized spacial score (nSPS) is 20.6. The minimum atomic E-state index is -3.33. The van der Waals surface area contributed by atoms with Gasteiger partial charge >= 0.3 is 0 Å². The predicted molar refractivity (Wildman–Crippen MR) is 69.2 cm³/mol. The van der Waals surface area contributed by atoms with Crippen LogP contribution in [-0.2, 0) is 9.84 Å². The van der Waals surface area contributed by atoms with Crippen molar-refractivity contribution in [2.24, 2.45) is 0 Å². The Hall–Kier alpha value is -1.40. The average Bonchev–Trinajstić information content (AvgIpc) is 2.96. The number of aromatic nitrogens is 2. The Morgan fingerprint density at radius 1 is 1.33 bits per heavy atom. The highest BCUT2D eigenvalue weighted by molar-refractivity contribution is 7.91. The van der Waals surface area contributed by atoms with Gasteiger partial charge < -0.3 is 10.3 Å². The van der Waals surface area contributed by atoms with Crippen molar-refractivity contribution in [1.82, 2.24) is 15.3 Å². The van der Waals surface area contributed by atoms with Crippen molar-refractivity contribution < 1.29 is 8.42 Å². The summed E-state index contributed by atoms with van der Waals surface area (Å²) in [5.74, 6) is 0.118. The van der Waals surface area contributed by atoms with Crippen LogP contribution in [0.15, 0.2) is 29.4 Å². The van der Waals surface area contributed by atoms with E-state index >= 15 is 0 Å². The minimum absolute atomic E-state index is 0.0585. The van der Waals surface area contributed by atoms with Gasteiger partial charge in [0.05, 0.1) is 16.8 Å². The molecule has 1 saturated heterocycles. The maximum Gasteiger partial charge on any atom is 0.226 e. The zero-order valence-corrected chi connectivity index (χ0v) is 10.7. The maximum absolute atomic E-state index is 12.2. The number of imidazole rings is 1. The smallest absolute Gasteiger partial charge is 0.226 e. The molecule has 0 bridgehead atoms. The molecule has 0 radical (unpaired) electrons. The van der Waals surface area contributed by atoms with E-state index < -0.39 is 9.84 Å². The van der Waals surface area contributed by atoms with Gasteiger partial charge in [0.25, 0.3) is 0 Å². The molecule has 1 aromatic carbocycles. The maximum atomic E-state index is 12.2. The third kappa shape index (κ3) is 2.13. The van der Waals surface area contributed by atoms with Crippen molar-refractivity contribution in [2.45, 2.75) is 24.0 Å². The Morgan fingerprint density at radius 3 is 2.89 bits per heavy atom. The number of H-pyrrole nitrogens is 1. The van der Waals surface area contributed by atoms with Crippen molar-refractivity contribution in [3.63, 3.8) is 0 Å². The lowest BCUT2D eigenvalue weighted by Crippen LogP contribution is -2.30. The van der Waals surface area contributed by atoms with Crippen LogP contribution in [0.25, 0.3) is 11.0 Å². The van der Waals surface area contributed by atoms with Gasteiger partial charge in [0.2, 0.25) is 15.0 Å². The molecule has 1 atom stereocenters. The van der Waals surface area contributed by atoms with Gasteiger partial charge in [-0.05, 0) is 31.5 Å². The SMILES string of the molecule is O=S(=O)(CC1CCCN1)c1nc2ccccc2[nH]1. The quantitative estimate of drug-likeness (QED) is 0.871. The van der Waals surface area contributed by atoms with Gasteiger partial charge in [0.15, 0.2) is 0 Å². The number of nitrogens with zero attached hydrogens (tertiary/aromatic N) is 1. The molecule has 96 valence electrons. The first-order valence-electron chi connectivity index (χ1n) is 6.06. The highest BCUT2D eigenvalue weighted by Crippen LogP contribution is 2.17. The molecule has 1 aliphatic heterocycles. The molecule has 6 heteroatoms. The zero-order chi connectivity index (χ0) is 12.6. The lowest BCUT2D eigenvalue weighted by atomic mass is 10.3. The summed E-state index contributed by atoms with van der Waals surface area (Å²) >= 11 is 0. The van der Waals surface area contributed by atoms with Gasteiger partial charge in [-0.1, -0.05) is 12.1 Å². The number of rotatable bonds is 3. The molecule has 0 saturated carbocycles. The number of hydrogen-bond donors (Lipinski definition) is 2. The Balaban J connectivity index is 1.92. The van der Waals surface area contributed by atoms with E-state index in [4.69, 9.17) is 0 Å². The molecule has 18 heavy (non-hydrogen) atoms. The summed E-state index contributed by atoms with van der Waals surface area (Å²) in [6.45, 7) is 0.903. The molecular formula is C12H15N3O2S. The van der Waals surface area contributed by atoms with Crippen molar-refractivity contribution in [2.75, 3.05) is 12.3 Å². The monoisotopic (exact) mass is 265 g/mol. The zero-order valence-electron chi connectivity index (χ0n) is 9.89. The molecule has 0 spiro atoms. The van der Waals surface area contributed by atoms with Gasteiger partial charge in [-0.25, -0.2) is 13.4 Å². The summed E-state index contributed by atoms with van der Waals surface area (Å²) in [7, 11) is -3.33. The summed E-state index contributed by atoms with van der Waals surface area (Å²) in [5, 5.41) is 3.28. The summed E-state index contributed by atoms with van der Waals surface area (Å²) in [6, 6.07) is 7.39. The Labute approximate surface area is 106 Å². The van der Waals surface area contributed by atoms with E-state index in [1.54, 1.807) is 6.07 Å². The van der Waals surface area contributed by atoms with E-state index in [1.807, 2.05) is 18.2 Å². The topological polar surface area (TPSA) is 74.8 Å². The lowest BCUT2D eigenvalue weighted by Gasteiger charge is -2.08. The van der Waals surface area contributed by atoms with E-state index in [9.17, 15) is 8.42 Å². The Bertz CT molecular complexity index is 624. The lowest BCUT2D eigenvalue weighted by molar-refractivity contribution is 0.571. The van der Waals surface area contributed by atoms with E-state index in [0.29, 0.717) is 5.52 Å². The van der Waals surface area contributed by atoms with Crippen LogP contribution < -0.4 is 5.32 Å². The van der Waals surface area contributed by atoms with Crippen LogP contribution in [0.3, 0.4) is 0 Å². The average molecular weight is 265 g/mol. The van der Waals surface area contributed by atoms with Crippen LogP contribution in [0.2, 0.25) is 0 Å². The fraction of sp³-hybridized carbons (Fsp3) is 0.417. The predicted octanol–water partition coefficient (Wildman–Crippen LogP) is 1.09. The van der Waals surface area contributed by atoms with Crippen molar-refractivity contribution in [1.29, 1.82) is 0 Å². The molecule has 5 nitrogen and oxygen atoms in total. The summed E-state index contributed by atoms with van der Waals surface area (Å²) in [6.07, 6.45) is 1.96. The fourth-order valence-corrected chi connectivity index (χ4v) is 3.79. The summed E-state index contributed by atoms with van der Waals surface area (Å²) in [4.78, 5) is 7.04. The Morgan fingerprint density at radius 2 is 2.17 bits per heavy atom. The minimum Gasteiger partial charge on any atom is -0.329 e. The molecule has 3 rings (SSSR count). The number of nitrogens with one attached hydrogen (secondary N) is 2. The van der Waals surface area contributed by atoms with Crippen LogP contribution in [0.4, 0.5) is 0 Å². The van der Waals surface area contributed by atoms with Crippen LogP contribution in [0.1, 0.15) is 12.8 Å². The second-order valence-electron chi connectivity index (χ2n) is 4.63. The summed E-state index contributed by atoms with van der Waals surface area (Å²) < 4.78 is 24.4. The second-order valence-corrected chi connectivity index (χ2v) is 6.58. The van der Waals surface area contributed by atoms with Gasteiger partial charge in [-0.2, -0.15) is 0 Å². The van der Waals surface area contributed by atoms with E-state index in [2.05, 4.69) is 15.3 Å². The van der Waals surface area contributed by atoms with Crippen LogP contribution >= 0.6 is 0 Å². The number of para-hydroxylation sites is 2. The number of hydrogen-bond acceptors (Lipinski definition) is 4. The molecular weight excluding hydrogens is 250 g/mol. The number of sulfone groups is 1. The van der Waals surface area contributed by atoms with Crippen molar-refractivity contribution in [3.8, 4) is 0 Å². The number of aromatic amines is 1. The Kier molecular flexibility index (Phi) is 2.83. The molecule has 0 aliphatic carbocycles. The van der Waals surface area contributed by atoms with Crippen molar-refractivity contribution >= 4 is 20.9 Å². The first-order chi connectivity index (χ1) is 8.65. The van der Waals surface area contributed by atoms with Crippen LogP contribution in [0, 0.1) is 0 Å². The summed E-state index contributed by atoms with van der Waals surface area (Å²) in [5.41, 5.74) is 1.45. The molecule has 1 aliphatic rings. The van der Waals surface area contributed by atoms with Gasteiger partial charge in [0, 0.05) is 6.04 Å². The van der Waals surface area contributed by atoms with Crippen molar-refractivity contribution in [3.05, 3.63) is 24.3 Å². The number of benzene rings is 1. The van der Waals surface area contributed by atoms with E-state index in [-0.39, 0.29) is 17.0 Å².